The van der Waals surface area contributed by atoms with E-state index in [9.17, 15) is 4.79 Å². The molecule has 3 aromatic rings. The predicted octanol–water partition coefficient (Wildman–Crippen LogP) is 3.03. The van der Waals surface area contributed by atoms with Crippen LogP contribution in [0.25, 0.3) is 11.5 Å². The Balaban J connectivity index is 1.29. The van der Waals surface area contributed by atoms with Crippen LogP contribution in [0.2, 0.25) is 0 Å². The molecule has 7 nitrogen and oxygen atoms in total. The number of benzene rings is 2. The molecule has 0 unspecified atom stereocenters. The molecule has 1 amide bonds. The number of aromatic nitrogens is 2. The van der Waals surface area contributed by atoms with E-state index in [0.29, 0.717) is 50.9 Å². The zero-order valence-electron chi connectivity index (χ0n) is 16.5. The van der Waals surface area contributed by atoms with Gasteiger partial charge in [-0.1, -0.05) is 35.4 Å². The van der Waals surface area contributed by atoms with E-state index < -0.39 is 0 Å². The summed E-state index contributed by atoms with van der Waals surface area (Å²) in [4.78, 5) is 16.5. The molecule has 0 atom stereocenters. The third-order valence-electron chi connectivity index (χ3n) is 5.10. The van der Waals surface area contributed by atoms with Crippen LogP contribution >= 0.6 is 0 Å². The molecule has 0 N–H and O–H groups in total. The Kier molecular flexibility index (Phi) is 5.74. The number of nitrogens with zero attached hydrogens (tertiary/aromatic N) is 4. The van der Waals surface area contributed by atoms with Gasteiger partial charge in [0.2, 0.25) is 11.8 Å². The third-order valence-corrected chi connectivity index (χ3v) is 5.10. The summed E-state index contributed by atoms with van der Waals surface area (Å²) in [5.41, 5.74) is 2.01. The van der Waals surface area contributed by atoms with E-state index in [2.05, 4.69) is 10.2 Å². The first-order valence-corrected chi connectivity index (χ1v) is 9.77. The smallest absolute Gasteiger partial charge is 0.318 e. The Morgan fingerprint density at radius 1 is 1.03 bits per heavy atom. The van der Waals surface area contributed by atoms with Crippen LogP contribution in [0.1, 0.15) is 12.0 Å². The van der Waals surface area contributed by atoms with Crippen molar-refractivity contribution < 1.29 is 13.9 Å². The van der Waals surface area contributed by atoms with Gasteiger partial charge in [0.15, 0.2) is 0 Å². The van der Waals surface area contributed by atoms with Gasteiger partial charge in [-0.2, -0.15) is 0 Å². The Bertz CT molecular complexity index is 949. The number of carbonyl (C=O) groups is 1. The van der Waals surface area contributed by atoms with Gasteiger partial charge in [0.25, 0.3) is 0 Å². The van der Waals surface area contributed by atoms with Crippen LogP contribution in [0.3, 0.4) is 0 Å². The summed E-state index contributed by atoms with van der Waals surface area (Å²) in [6.45, 7) is 2.67. The summed E-state index contributed by atoms with van der Waals surface area (Å²) in [6, 6.07) is 18.1. The highest BCUT2D eigenvalue weighted by molar-refractivity contribution is 5.76. The lowest BCUT2D eigenvalue weighted by Crippen LogP contribution is -2.49. The Hall–Kier alpha value is -3.35. The minimum absolute atomic E-state index is 0.169. The van der Waals surface area contributed by atoms with Crippen molar-refractivity contribution in [1.29, 1.82) is 0 Å². The van der Waals surface area contributed by atoms with Crippen molar-refractivity contribution in [2.75, 3.05) is 38.2 Å². The number of ether oxygens (including phenoxy) is 1. The van der Waals surface area contributed by atoms with E-state index in [-0.39, 0.29) is 5.91 Å². The van der Waals surface area contributed by atoms with Gasteiger partial charge >= 0.3 is 6.01 Å². The van der Waals surface area contributed by atoms with Gasteiger partial charge in [-0.3, -0.25) is 4.79 Å². The molecule has 0 aliphatic carbocycles. The quantitative estimate of drug-likeness (QED) is 0.642. The fraction of sp³-hybridized carbons (Fsp3) is 0.318. The molecular weight excluding hydrogens is 368 g/mol. The lowest BCUT2D eigenvalue weighted by molar-refractivity contribution is -0.131. The highest BCUT2D eigenvalue weighted by Crippen LogP contribution is 2.22. The summed E-state index contributed by atoms with van der Waals surface area (Å²) < 4.78 is 11.1. The number of anilines is 1. The fourth-order valence-electron chi connectivity index (χ4n) is 3.43. The molecule has 1 aliphatic rings. The molecule has 7 heteroatoms. The van der Waals surface area contributed by atoms with E-state index in [1.54, 1.807) is 7.11 Å². The second-order valence-corrected chi connectivity index (χ2v) is 6.98. The highest BCUT2D eigenvalue weighted by Gasteiger charge is 2.24. The number of hydrogen-bond acceptors (Lipinski definition) is 6. The summed E-state index contributed by atoms with van der Waals surface area (Å²) in [6.07, 6.45) is 1.20. The lowest BCUT2D eigenvalue weighted by Gasteiger charge is -2.33. The second-order valence-electron chi connectivity index (χ2n) is 6.98. The van der Waals surface area contributed by atoms with Crippen LogP contribution in [0.15, 0.2) is 59.0 Å². The molecule has 0 spiro atoms. The number of amides is 1. The topological polar surface area (TPSA) is 71.7 Å². The maximum absolute atomic E-state index is 12.6. The third kappa shape index (κ3) is 4.56. The van der Waals surface area contributed by atoms with Crippen molar-refractivity contribution in [3.8, 4) is 17.2 Å². The first-order valence-electron chi connectivity index (χ1n) is 9.77. The van der Waals surface area contributed by atoms with Gasteiger partial charge < -0.3 is 19.0 Å². The maximum atomic E-state index is 12.6. The minimum Gasteiger partial charge on any atom is -0.497 e. The van der Waals surface area contributed by atoms with Crippen LogP contribution < -0.4 is 9.64 Å². The molecule has 150 valence electrons. The molecule has 1 fully saturated rings. The number of methoxy groups -OCH3 is 1. The van der Waals surface area contributed by atoms with Crippen molar-refractivity contribution in [2.24, 2.45) is 0 Å². The van der Waals surface area contributed by atoms with Crippen molar-refractivity contribution >= 4 is 11.9 Å². The molecular formula is C22H24N4O3. The van der Waals surface area contributed by atoms with Gasteiger partial charge in [0.05, 0.1) is 7.11 Å². The minimum atomic E-state index is 0.169. The molecule has 1 aromatic heterocycles. The number of carbonyl (C=O) groups excluding carboxylic acids is 1. The molecule has 0 bridgehead atoms. The van der Waals surface area contributed by atoms with Crippen molar-refractivity contribution in [3.63, 3.8) is 0 Å². The van der Waals surface area contributed by atoms with E-state index in [1.807, 2.05) is 64.4 Å². The number of hydrogen-bond donors (Lipinski definition) is 0. The number of rotatable bonds is 6. The largest absolute Gasteiger partial charge is 0.497 e. The van der Waals surface area contributed by atoms with Crippen LogP contribution in [-0.2, 0) is 11.2 Å². The van der Waals surface area contributed by atoms with Crippen molar-refractivity contribution in [3.05, 3.63) is 60.2 Å². The zero-order chi connectivity index (χ0) is 20.1. The number of aryl methyl sites for hydroxylation is 1. The molecule has 1 saturated heterocycles. The normalized spacial score (nSPS) is 14.1. The van der Waals surface area contributed by atoms with Gasteiger partial charge in [-0.05, 0) is 36.2 Å². The van der Waals surface area contributed by atoms with E-state index >= 15 is 0 Å². The number of piperazine rings is 1. The monoisotopic (exact) mass is 392 g/mol. The fourth-order valence-corrected chi connectivity index (χ4v) is 3.43. The molecule has 0 saturated carbocycles. The summed E-state index contributed by atoms with van der Waals surface area (Å²) in [7, 11) is 1.65. The molecule has 2 aromatic carbocycles. The van der Waals surface area contributed by atoms with Crippen LogP contribution in [0.5, 0.6) is 5.75 Å². The first kappa shape index (κ1) is 19.0. The average Bonchev–Trinajstić information content (AvgIpc) is 3.29. The van der Waals surface area contributed by atoms with Crippen molar-refractivity contribution in [1.82, 2.24) is 15.1 Å². The lowest BCUT2D eigenvalue weighted by atomic mass is 10.1. The van der Waals surface area contributed by atoms with Crippen molar-refractivity contribution in [2.45, 2.75) is 12.8 Å². The zero-order valence-corrected chi connectivity index (χ0v) is 16.5. The summed E-state index contributed by atoms with van der Waals surface area (Å²) >= 11 is 0. The maximum Gasteiger partial charge on any atom is 0.318 e. The summed E-state index contributed by atoms with van der Waals surface area (Å²) in [5, 5.41) is 8.32. The molecule has 29 heavy (non-hydrogen) atoms. The molecule has 4 rings (SSSR count). The molecule has 2 heterocycles. The predicted molar refractivity (Wildman–Crippen MR) is 110 cm³/mol. The second kappa shape index (κ2) is 8.77. The van der Waals surface area contributed by atoms with Gasteiger partial charge in [-0.25, -0.2) is 0 Å². The van der Waals surface area contributed by atoms with Gasteiger partial charge in [0.1, 0.15) is 5.75 Å². The van der Waals surface area contributed by atoms with Gasteiger partial charge in [0, 0.05) is 38.2 Å². The summed E-state index contributed by atoms with van der Waals surface area (Å²) in [5.74, 6) is 1.50. The SMILES string of the molecule is COc1cccc(CCC(=O)N2CCN(c3nnc(-c4ccccc4)o3)CC2)c1. The first-order chi connectivity index (χ1) is 14.2. The van der Waals surface area contributed by atoms with E-state index in [4.69, 9.17) is 9.15 Å². The Morgan fingerprint density at radius 2 is 1.83 bits per heavy atom. The van der Waals surface area contributed by atoms with Crippen LogP contribution in [-0.4, -0.2) is 54.3 Å². The molecule has 0 radical (unpaired) electrons. The Labute approximate surface area is 169 Å². The standard InChI is InChI=1S/C22H24N4O3/c1-28-19-9-5-6-17(16-19)10-11-20(27)25-12-14-26(15-13-25)22-24-23-21(29-22)18-7-3-2-4-8-18/h2-9,16H,10-15H2,1H3. The van der Waals surface area contributed by atoms with Gasteiger partial charge in [-0.15, -0.1) is 5.10 Å². The highest BCUT2D eigenvalue weighted by atomic mass is 16.5. The van der Waals surface area contributed by atoms with Crippen LogP contribution in [0.4, 0.5) is 6.01 Å². The Morgan fingerprint density at radius 3 is 2.59 bits per heavy atom. The molecule has 1 aliphatic heterocycles. The average molecular weight is 392 g/mol. The van der Waals surface area contributed by atoms with E-state index in [0.717, 1.165) is 16.9 Å². The van der Waals surface area contributed by atoms with E-state index in [1.165, 1.54) is 0 Å². The van der Waals surface area contributed by atoms with Crippen LogP contribution in [0, 0.1) is 0 Å².